The molecule has 4 rings (SSSR count). The Morgan fingerprint density at radius 2 is 1.88 bits per heavy atom. The molecule has 3 heterocycles. The lowest BCUT2D eigenvalue weighted by atomic mass is 9.75. The van der Waals surface area contributed by atoms with Crippen molar-refractivity contribution >= 4 is 22.9 Å². The van der Waals surface area contributed by atoms with Gasteiger partial charge in [0.05, 0.1) is 25.4 Å². The third-order valence-electron chi connectivity index (χ3n) is 6.13. The van der Waals surface area contributed by atoms with E-state index < -0.39 is 0 Å². The lowest BCUT2D eigenvalue weighted by molar-refractivity contribution is 0.121. The van der Waals surface area contributed by atoms with Gasteiger partial charge in [0.2, 0.25) is 0 Å². The number of nitrogens with zero attached hydrogens (tertiary/aromatic N) is 3. The van der Waals surface area contributed by atoms with E-state index in [1.54, 1.807) is 20.5 Å². The Kier molecular flexibility index (Phi) is 6.46. The fraction of sp³-hybridized carbons (Fsp3) is 0.542. The normalized spacial score (nSPS) is 17.9. The first-order valence-electron chi connectivity index (χ1n) is 11.3. The van der Waals surface area contributed by atoms with E-state index in [2.05, 4.69) is 47.5 Å². The zero-order valence-corrected chi connectivity index (χ0v) is 21.1. The second-order valence-corrected chi connectivity index (χ2v) is 11.1. The number of piperidine rings is 1. The third-order valence-corrected chi connectivity index (χ3v) is 7.05. The summed E-state index contributed by atoms with van der Waals surface area (Å²) in [4.78, 5) is 13.3. The van der Waals surface area contributed by atoms with Crippen LogP contribution in [0.15, 0.2) is 34.6 Å². The molecular formula is C24H34N6O2S. The van der Waals surface area contributed by atoms with Gasteiger partial charge in [-0.1, -0.05) is 0 Å². The van der Waals surface area contributed by atoms with Gasteiger partial charge in [0, 0.05) is 17.6 Å². The maximum Gasteiger partial charge on any atom is 0.173 e. The van der Waals surface area contributed by atoms with Gasteiger partial charge in [0.1, 0.15) is 17.0 Å². The van der Waals surface area contributed by atoms with Gasteiger partial charge in [0.25, 0.3) is 0 Å². The molecule has 1 fully saturated rings. The third kappa shape index (κ3) is 5.35. The number of hydrogen-bond acceptors (Lipinski definition) is 7. The van der Waals surface area contributed by atoms with Crippen molar-refractivity contribution in [2.45, 2.75) is 74.6 Å². The predicted molar refractivity (Wildman–Crippen MR) is 130 cm³/mol. The lowest BCUT2D eigenvalue weighted by Crippen LogP contribution is -2.57. The van der Waals surface area contributed by atoms with Crippen LogP contribution in [-0.4, -0.2) is 44.8 Å². The van der Waals surface area contributed by atoms with Crippen LogP contribution in [0.25, 0.3) is 11.2 Å². The first kappa shape index (κ1) is 23.6. The predicted octanol–water partition coefficient (Wildman–Crippen LogP) is 4.35. The minimum absolute atomic E-state index is 0.127. The molecule has 0 unspecified atom stereocenters. The summed E-state index contributed by atoms with van der Waals surface area (Å²) in [6.45, 7) is 9.96. The molecule has 9 heteroatoms. The Balaban J connectivity index is 1.58. The van der Waals surface area contributed by atoms with E-state index in [1.807, 2.05) is 18.2 Å². The summed E-state index contributed by atoms with van der Waals surface area (Å²) in [5.74, 6) is 2.11. The maximum absolute atomic E-state index is 8.27. The van der Waals surface area contributed by atoms with Crippen molar-refractivity contribution in [3.63, 3.8) is 0 Å². The summed E-state index contributed by atoms with van der Waals surface area (Å²) in [6, 6.07) is 5.67. The van der Waals surface area contributed by atoms with Crippen LogP contribution in [0.2, 0.25) is 0 Å². The first-order chi connectivity index (χ1) is 15.6. The Bertz CT molecular complexity index is 1180. The molecule has 1 aliphatic rings. The summed E-state index contributed by atoms with van der Waals surface area (Å²) in [5, 5.41) is 12.7. The number of methoxy groups -OCH3 is 2. The van der Waals surface area contributed by atoms with E-state index in [0.29, 0.717) is 16.6 Å². The van der Waals surface area contributed by atoms with Crippen LogP contribution in [0, 0.1) is 11.3 Å². The number of benzene rings is 1. The highest BCUT2D eigenvalue weighted by Gasteiger charge is 2.37. The molecule has 3 aromatic rings. The van der Waals surface area contributed by atoms with E-state index in [-0.39, 0.29) is 16.6 Å². The molecular weight excluding hydrogens is 436 g/mol. The molecule has 3 N–H and O–H groups in total. The van der Waals surface area contributed by atoms with Gasteiger partial charge < -0.3 is 24.3 Å². The second-order valence-electron chi connectivity index (χ2n) is 10.1. The van der Waals surface area contributed by atoms with Crippen molar-refractivity contribution < 1.29 is 9.47 Å². The lowest BCUT2D eigenvalue weighted by Gasteiger charge is -2.46. The number of hydrogen-bond donors (Lipinski definition) is 3. The molecule has 0 atom stereocenters. The molecule has 1 saturated heterocycles. The zero-order valence-electron chi connectivity index (χ0n) is 20.3. The Labute approximate surface area is 199 Å². The first-order valence-corrected chi connectivity index (χ1v) is 12.1. The van der Waals surface area contributed by atoms with Crippen LogP contribution in [0.3, 0.4) is 0 Å². The number of fused-ring (bicyclic) bond motifs is 1. The minimum atomic E-state index is 0.127. The summed E-state index contributed by atoms with van der Waals surface area (Å²) in [5.41, 5.74) is 1.85. The van der Waals surface area contributed by atoms with Crippen LogP contribution in [0.4, 0.5) is 0 Å². The van der Waals surface area contributed by atoms with E-state index in [9.17, 15) is 0 Å². The number of aromatic amines is 1. The van der Waals surface area contributed by atoms with E-state index in [0.717, 1.165) is 47.8 Å². The van der Waals surface area contributed by atoms with Crippen molar-refractivity contribution in [2.75, 3.05) is 14.2 Å². The fourth-order valence-electron chi connectivity index (χ4n) is 5.20. The highest BCUT2D eigenvalue weighted by molar-refractivity contribution is 7.99. The van der Waals surface area contributed by atoms with E-state index >= 15 is 0 Å². The number of imidazole rings is 1. The highest BCUT2D eigenvalue weighted by atomic mass is 32.2. The van der Waals surface area contributed by atoms with Crippen molar-refractivity contribution in [3.8, 4) is 11.5 Å². The smallest absolute Gasteiger partial charge is 0.173 e. The second kappa shape index (κ2) is 9.02. The Morgan fingerprint density at radius 3 is 2.55 bits per heavy atom. The number of rotatable bonds is 7. The van der Waals surface area contributed by atoms with Crippen LogP contribution < -0.4 is 20.3 Å². The molecule has 2 aromatic heterocycles. The average Bonchev–Trinajstić information content (AvgIpc) is 3.15. The average molecular weight is 471 g/mol. The Hall–Kier alpha value is -2.52. The number of H-pyrrole nitrogens is 1. The number of ether oxygens (including phenoxy) is 2. The van der Waals surface area contributed by atoms with Gasteiger partial charge in [0.15, 0.2) is 16.3 Å². The molecule has 1 aliphatic heterocycles. The van der Waals surface area contributed by atoms with Gasteiger partial charge in [-0.05, 0) is 82.8 Å². The zero-order chi connectivity index (χ0) is 23.8. The number of aromatic nitrogens is 4. The van der Waals surface area contributed by atoms with Crippen molar-refractivity contribution in [2.24, 2.45) is 5.92 Å². The Morgan fingerprint density at radius 1 is 1.15 bits per heavy atom. The molecule has 0 saturated carbocycles. The monoisotopic (exact) mass is 470 g/mol. The van der Waals surface area contributed by atoms with Gasteiger partial charge in [-0.25, -0.2) is 9.97 Å². The topological polar surface area (TPSA) is 101 Å². The molecule has 8 nitrogen and oxygen atoms in total. The standard InChI is InChI=1S/C24H34N6O2S/c1-23(2)12-15(13-24(3,4)29-23)9-10-30-14-26-20(25)19-21(30)28-22(27-19)33-18-11-16(31-5)7-8-17(18)32-6/h7-8,11,14-15,25,29H,9-10,12-13H2,1-6H3,(H,27,28). The number of aryl methyl sites for hydroxylation is 1. The van der Waals surface area contributed by atoms with E-state index in [1.165, 1.54) is 11.8 Å². The van der Waals surface area contributed by atoms with Crippen LogP contribution in [-0.2, 0) is 6.54 Å². The van der Waals surface area contributed by atoms with Gasteiger partial charge in [-0.15, -0.1) is 0 Å². The highest BCUT2D eigenvalue weighted by Crippen LogP contribution is 2.37. The molecule has 33 heavy (non-hydrogen) atoms. The van der Waals surface area contributed by atoms with Crippen LogP contribution in [0.1, 0.15) is 47.0 Å². The quantitative estimate of drug-likeness (QED) is 0.474. The minimum Gasteiger partial charge on any atom is -0.497 e. The number of nitrogens with one attached hydrogen (secondary N) is 3. The molecule has 0 bridgehead atoms. The van der Waals surface area contributed by atoms with E-state index in [4.69, 9.17) is 19.9 Å². The summed E-state index contributed by atoms with van der Waals surface area (Å²) < 4.78 is 12.9. The summed E-state index contributed by atoms with van der Waals surface area (Å²) in [7, 11) is 3.29. The van der Waals surface area contributed by atoms with Crippen LogP contribution >= 0.6 is 11.8 Å². The molecule has 0 amide bonds. The van der Waals surface area contributed by atoms with Crippen molar-refractivity contribution in [1.29, 1.82) is 5.41 Å². The molecule has 0 spiro atoms. The fourth-order valence-corrected chi connectivity index (χ4v) is 6.12. The van der Waals surface area contributed by atoms with Crippen LogP contribution in [0.5, 0.6) is 11.5 Å². The largest absolute Gasteiger partial charge is 0.497 e. The summed E-state index contributed by atoms with van der Waals surface area (Å²) >= 11 is 1.45. The van der Waals surface area contributed by atoms with Crippen molar-refractivity contribution in [1.82, 2.24) is 24.8 Å². The molecule has 0 aliphatic carbocycles. The maximum atomic E-state index is 8.27. The van der Waals surface area contributed by atoms with Crippen molar-refractivity contribution in [3.05, 3.63) is 30.0 Å². The summed E-state index contributed by atoms with van der Waals surface area (Å²) in [6.07, 6.45) is 5.07. The van der Waals surface area contributed by atoms with Gasteiger partial charge in [-0.3, -0.25) is 5.41 Å². The van der Waals surface area contributed by atoms with Gasteiger partial charge in [-0.2, -0.15) is 0 Å². The SMILES string of the molecule is COc1ccc(OC)c(Sc2nc3c([nH]2)c(=N)ncn3CCC2CC(C)(C)NC(C)(C)C2)c1. The van der Waals surface area contributed by atoms with Gasteiger partial charge >= 0.3 is 0 Å². The molecule has 178 valence electrons. The molecule has 0 radical (unpaired) electrons. The molecule has 1 aromatic carbocycles.